The van der Waals surface area contributed by atoms with Gasteiger partial charge < -0.3 is 4.74 Å². The number of Topliss-reactive ketones (excluding diaryl/α,β-unsaturated/α-hetero) is 1. The Morgan fingerprint density at radius 1 is 1.16 bits per heavy atom. The zero-order valence-corrected chi connectivity index (χ0v) is 11.6. The van der Waals surface area contributed by atoms with E-state index < -0.39 is 0 Å². The molecule has 0 N–H and O–H groups in total. The summed E-state index contributed by atoms with van der Waals surface area (Å²) in [6.45, 7) is 1.89. The van der Waals surface area contributed by atoms with Gasteiger partial charge in [0, 0.05) is 16.5 Å². The first-order valence-electron chi connectivity index (χ1n) is 6.05. The van der Waals surface area contributed by atoms with E-state index in [0.717, 1.165) is 11.3 Å². The van der Waals surface area contributed by atoms with Crippen LogP contribution in [-0.2, 0) is 0 Å². The Hall–Kier alpha value is -1.80. The molecule has 2 aromatic carbocycles. The molecule has 0 radical (unpaired) electrons. The third kappa shape index (κ3) is 3.15. The van der Waals surface area contributed by atoms with Crippen LogP contribution < -0.4 is 4.74 Å². The number of halogens is 1. The number of rotatable bonds is 4. The van der Waals surface area contributed by atoms with E-state index in [1.807, 2.05) is 31.2 Å². The molecule has 0 amide bonds. The summed E-state index contributed by atoms with van der Waals surface area (Å²) in [7, 11) is 1.62. The van der Waals surface area contributed by atoms with Crippen molar-refractivity contribution in [3.63, 3.8) is 0 Å². The predicted molar refractivity (Wildman–Crippen MR) is 77.2 cm³/mol. The van der Waals surface area contributed by atoms with E-state index in [1.54, 1.807) is 31.4 Å². The average molecular weight is 275 g/mol. The van der Waals surface area contributed by atoms with Crippen LogP contribution in [0, 0.1) is 0 Å². The lowest BCUT2D eigenvalue weighted by Gasteiger charge is -2.12. The molecule has 98 valence electrons. The maximum Gasteiger partial charge on any atom is 0.170 e. The summed E-state index contributed by atoms with van der Waals surface area (Å²) >= 11 is 5.82. The van der Waals surface area contributed by atoms with Gasteiger partial charge in [0.05, 0.1) is 7.11 Å². The Bertz CT molecular complexity index is 576. The molecule has 0 bridgehead atoms. The van der Waals surface area contributed by atoms with Crippen molar-refractivity contribution in [2.45, 2.75) is 12.8 Å². The van der Waals surface area contributed by atoms with Crippen molar-refractivity contribution in [2.24, 2.45) is 0 Å². The van der Waals surface area contributed by atoms with Crippen LogP contribution in [0.2, 0.25) is 5.02 Å². The van der Waals surface area contributed by atoms with Gasteiger partial charge in [-0.25, -0.2) is 0 Å². The van der Waals surface area contributed by atoms with Crippen LogP contribution in [0.4, 0.5) is 0 Å². The third-order valence-electron chi connectivity index (χ3n) is 3.12. The second kappa shape index (κ2) is 5.89. The minimum atomic E-state index is -0.212. The van der Waals surface area contributed by atoms with Gasteiger partial charge in [-0.3, -0.25) is 4.79 Å². The Balaban J connectivity index is 2.25. The van der Waals surface area contributed by atoms with Gasteiger partial charge in [-0.05, 0) is 42.0 Å². The van der Waals surface area contributed by atoms with Crippen molar-refractivity contribution in [3.05, 3.63) is 64.7 Å². The number of methoxy groups -OCH3 is 1. The van der Waals surface area contributed by atoms with Crippen molar-refractivity contribution < 1.29 is 9.53 Å². The van der Waals surface area contributed by atoms with Crippen LogP contribution >= 0.6 is 11.6 Å². The molecule has 0 saturated heterocycles. The lowest BCUT2D eigenvalue weighted by atomic mass is 9.92. The molecule has 0 aliphatic rings. The van der Waals surface area contributed by atoms with Crippen molar-refractivity contribution in [1.82, 2.24) is 0 Å². The Morgan fingerprint density at radius 2 is 1.84 bits per heavy atom. The van der Waals surface area contributed by atoms with Gasteiger partial charge in [-0.2, -0.15) is 0 Å². The zero-order valence-electron chi connectivity index (χ0n) is 10.9. The summed E-state index contributed by atoms with van der Waals surface area (Å²) in [4.78, 5) is 12.4. The molecule has 0 saturated carbocycles. The molecule has 2 aromatic rings. The van der Waals surface area contributed by atoms with Crippen LogP contribution in [0.1, 0.15) is 28.8 Å². The minimum absolute atomic E-state index is 0.0740. The molecule has 0 aliphatic heterocycles. The maximum atomic E-state index is 12.4. The monoisotopic (exact) mass is 274 g/mol. The Morgan fingerprint density at radius 3 is 2.47 bits per heavy atom. The van der Waals surface area contributed by atoms with Crippen LogP contribution in [0.25, 0.3) is 0 Å². The van der Waals surface area contributed by atoms with Crippen molar-refractivity contribution in [1.29, 1.82) is 0 Å². The number of ketones is 1. The maximum absolute atomic E-state index is 12.4. The highest BCUT2D eigenvalue weighted by Crippen LogP contribution is 2.24. The summed E-state index contributed by atoms with van der Waals surface area (Å²) in [5.74, 6) is 0.620. The second-order valence-corrected chi connectivity index (χ2v) is 4.81. The van der Waals surface area contributed by atoms with Crippen molar-refractivity contribution in [3.8, 4) is 5.75 Å². The summed E-state index contributed by atoms with van der Waals surface area (Å²) < 4.78 is 5.18. The fourth-order valence-electron chi connectivity index (χ4n) is 1.93. The van der Waals surface area contributed by atoms with Crippen molar-refractivity contribution in [2.75, 3.05) is 7.11 Å². The molecule has 1 atom stereocenters. The van der Waals surface area contributed by atoms with E-state index in [0.29, 0.717) is 10.6 Å². The van der Waals surface area contributed by atoms with Gasteiger partial charge in [0.25, 0.3) is 0 Å². The first-order chi connectivity index (χ1) is 9.11. The first kappa shape index (κ1) is 13.6. The molecular weight excluding hydrogens is 260 g/mol. The molecule has 0 heterocycles. The van der Waals surface area contributed by atoms with E-state index in [4.69, 9.17) is 16.3 Å². The highest BCUT2D eigenvalue weighted by molar-refractivity contribution is 6.30. The lowest BCUT2D eigenvalue weighted by Crippen LogP contribution is -2.09. The molecule has 19 heavy (non-hydrogen) atoms. The highest BCUT2D eigenvalue weighted by Gasteiger charge is 2.17. The van der Waals surface area contributed by atoms with Crippen LogP contribution in [-0.4, -0.2) is 12.9 Å². The van der Waals surface area contributed by atoms with Gasteiger partial charge in [-0.15, -0.1) is 0 Å². The first-order valence-corrected chi connectivity index (χ1v) is 6.43. The van der Waals surface area contributed by atoms with E-state index in [2.05, 4.69) is 0 Å². The average Bonchev–Trinajstić information content (AvgIpc) is 2.46. The summed E-state index contributed by atoms with van der Waals surface area (Å²) in [6, 6.07) is 14.5. The van der Waals surface area contributed by atoms with Gasteiger partial charge >= 0.3 is 0 Å². The van der Waals surface area contributed by atoms with Gasteiger partial charge in [0.1, 0.15) is 5.75 Å². The molecule has 0 aliphatic carbocycles. The molecule has 0 fully saturated rings. The number of carbonyl (C=O) groups is 1. The zero-order chi connectivity index (χ0) is 13.8. The largest absolute Gasteiger partial charge is 0.497 e. The number of benzene rings is 2. The van der Waals surface area contributed by atoms with Gasteiger partial charge in [-0.1, -0.05) is 30.7 Å². The smallest absolute Gasteiger partial charge is 0.170 e. The molecule has 2 nitrogen and oxygen atoms in total. The standard InChI is InChI=1S/C16H15ClO2/c1-11(13-4-3-5-15(10-13)19-2)16(18)12-6-8-14(17)9-7-12/h3-11H,1-2H3. The summed E-state index contributed by atoms with van der Waals surface area (Å²) in [5.41, 5.74) is 1.61. The van der Waals surface area contributed by atoms with Crippen LogP contribution in [0.5, 0.6) is 5.75 Å². The van der Waals surface area contributed by atoms with Crippen molar-refractivity contribution >= 4 is 17.4 Å². The normalized spacial score (nSPS) is 11.9. The van der Waals surface area contributed by atoms with Gasteiger partial charge in [0.2, 0.25) is 0 Å². The fourth-order valence-corrected chi connectivity index (χ4v) is 2.05. The fraction of sp³-hybridized carbons (Fsp3) is 0.188. The summed E-state index contributed by atoms with van der Waals surface area (Å²) in [5, 5.41) is 0.630. The molecular formula is C16H15ClO2. The molecule has 2 rings (SSSR count). The second-order valence-electron chi connectivity index (χ2n) is 4.37. The number of hydrogen-bond donors (Lipinski definition) is 0. The minimum Gasteiger partial charge on any atom is -0.497 e. The van der Waals surface area contributed by atoms with Gasteiger partial charge in [0.15, 0.2) is 5.78 Å². The molecule has 1 unspecified atom stereocenters. The van der Waals surface area contributed by atoms with E-state index in [9.17, 15) is 4.79 Å². The van der Waals surface area contributed by atoms with E-state index >= 15 is 0 Å². The quantitative estimate of drug-likeness (QED) is 0.776. The Kier molecular flexibility index (Phi) is 4.23. The predicted octanol–water partition coefficient (Wildman–Crippen LogP) is 4.34. The molecule has 0 spiro atoms. The lowest BCUT2D eigenvalue weighted by molar-refractivity contribution is 0.0966. The topological polar surface area (TPSA) is 26.3 Å². The highest BCUT2D eigenvalue weighted by atomic mass is 35.5. The Labute approximate surface area is 118 Å². The van der Waals surface area contributed by atoms with E-state index in [1.165, 1.54) is 0 Å². The number of carbonyl (C=O) groups excluding carboxylic acids is 1. The van der Waals surface area contributed by atoms with Crippen LogP contribution in [0.3, 0.4) is 0 Å². The van der Waals surface area contributed by atoms with E-state index in [-0.39, 0.29) is 11.7 Å². The SMILES string of the molecule is COc1cccc(C(C)C(=O)c2ccc(Cl)cc2)c1. The number of hydrogen-bond acceptors (Lipinski definition) is 2. The third-order valence-corrected chi connectivity index (χ3v) is 3.37. The molecule has 3 heteroatoms. The summed E-state index contributed by atoms with van der Waals surface area (Å²) in [6.07, 6.45) is 0. The van der Waals surface area contributed by atoms with Crippen LogP contribution in [0.15, 0.2) is 48.5 Å². The molecule has 0 aromatic heterocycles. The number of ether oxygens (including phenoxy) is 1.